The first-order valence-electron chi connectivity index (χ1n) is 8.87. The number of halogens is 4. The minimum atomic E-state index is -4.61. The first-order valence-corrected chi connectivity index (χ1v) is 10.7. The number of pyridine rings is 1. The number of alkyl halides is 3. The Labute approximate surface area is 181 Å². The molecule has 0 saturated carbocycles. The number of nitrogens with one attached hydrogen (secondary N) is 1. The number of carbonyl (C=O) groups excluding carboxylic acids is 1. The second kappa shape index (κ2) is 8.01. The van der Waals surface area contributed by atoms with Gasteiger partial charge in [-0.05, 0) is 45.0 Å². The SMILES string of the molecule is Cc1ccc(S(=O)(=O)NC(=O)c2cc(C)n(-c3ncc(C(F)(F)F)cc3Cl)c2C)cc1. The van der Waals surface area contributed by atoms with Crippen LogP contribution in [0.5, 0.6) is 0 Å². The van der Waals surface area contributed by atoms with Crippen molar-refractivity contribution in [1.29, 1.82) is 0 Å². The van der Waals surface area contributed by atoms with Gasteiger partial charge in [-0.15, -0.1) is 0 Å². The third-order valence-corrected chi connectivity index (χ3v) is 6.22. The van der Waals surface area contributed by atoms with Crippen LogP contribution >= 0.6 is 11.6 Å². The van der Waals surface area contributed by atoms with Crippen LogP contribution in [0.1, 0.15) is 32.9 Å². The highest BCUT2D eigenvalue weighted by Crippen LogP contribution is 2.33. The van der Waals surface area contributed by atoms with Gasteiger partial charge in [0.1, 0.15) is 0 Å². The van der Waals surface area contributed by atoms with E-state index < -0.39 is 27.7 Å². The van der Waals surface area contributed by atoms with Crippen LogP contribution in [0.25, 0.3) is 5.82 Å². The summed E-state index contributed by atoms with van der Waals surface area (Å²) in [5.74, 6) is -0.895. The van der Waals surface area contributed by atoms with Crippen LogP contribution in [0, 0.1) is 20.8 Å². The summed E-state index contributed by atoms with van der Waals surface area (Å²) in [5, 5.41) is -0.268. The molecule has 2 heterocycles. The van der Waals surface area contributed by atoms with Crippen molar-refractivity contribution >= 4 is 27.5 Å². The van der Waals surface area contributed by atoms with Crippen LogP contribution in [0.2, 0.25) is 5.02 Å². The van der Waals surface area contributed by atoms with E-state index >= 15 is 0 Å². The smallest absolute Gasteiger partial charge is 0.301 e. The van der Waals surface area contributed by atoms with Crippen LogP contribution in [0.4, 0.5) is 13.2 Å². The molecule has 0 atom stereocenters. The summed E-state index contributed by atoms with van der Waals surface area (Å²) in [7, 11) is -4.12. The Morgan fingerprint density at radius 2 is 1.71 bits per heavy atom. The average molecular weight is 472 g/mol. The second-order valence-electron chi connectivity index (χ2n) is 6.90. The number of benzene rings is 1. The van der Waals surface area contributed by atoms with Gasteiger partial charge in [-0.25, -0.2) is 18.1 Å². The molecule has 0 aliphatic carbocycles. The van der Waals surface area contributed by atoms with Crippen LogP contribution in [-0.4, -0.2) is 23.9 Å². The van der Waals surface area contributed by atoms with E-state index in [0.717, 1.165) is 11.6 Å². The molecule has 6 nitrogen and oxygen atoms in total. The Bertz CT molecular complexity index is 1270. The standard InChI is InChI=1S/C20H17ClF3N3O3S/c1-11-4-6-15(7-5-11)31(29,30)26-19(28)16-8-12(2)27(13(16)3)18-17(21)9-14(10-25-18)20(22,23)24/h4-10H,1-3H3,(H,26,28). The van der Waals surface area contributed by atoms with E-state index in [2.05, 4.69) is 4.98 Å². The van der Waals surface area contributed by atoms with Gasteiger partial charge in [0.15, 0.2) is 5.82 Å². The van der Waals surface area contributed by atoms with E-state index in [9.17, 15) is 26.4 Å². The van der Waals surface area contributed by atoms with Gasteiger partial charge in [0, 0.05) is 17.6 Å². The fourth-order valence-corrected chi connectivity index (χ4v) is 4.24. The lowest BCUT2D eigenvalue weighted by atomic mass is 10.2. The lowest BCUT2D eigenvalue weighted by Gasteiger charge is -2.13. The summed E-state index contributed by atoms with van der Waals surface area (Å²) in [6, 6.07) is 8.10. The highest BCUT2D eigenvalue weighted by molar-refractivity contribution is 7.90. The van der Waals surface area contributed by atoms with Gasteiger partial charge in [0.25, 0.3) is 15.9 Å². The summed E-state index contributed by atoms with van der Waals surface area (Å²) >= 11 is 6.02. The van der Waals surface area contributed by atoms with E-state index in [1.807, 2.05) is 4.72 Å². The van der Waals surface area contributed by atoms with Gasteiger partial charge >= 0.3 is 6.18 Å². The predicted molar refractivity (Wildman–Crippen MR) is 109 cm³/mol. The molecule has 3 aromatic rings. The summed E-state index contributed by atoms with van der Waals surface area (Å²) < 4.78 is 67.0. The molecule has 0 spiro atoms. The molecule has 3 rings (SSSR count). The quantitative estimate of drug-likeness (QED) is 0.603. The zero-order valence-corrected chi connectivity index (χ0v) is 18.2. The molecule has 0 unspecified atom stereocenters. The van der Waals surface area contributed by atoms with Crippen LogP contribution in [0.15, 0.2) is 47.5 Å². The third kappa shape index (κ3) is 4.59. The Kier molecular flexibility index (Phi) is 5.90. The molecule has 0 fully saturated rings. The predicted octanol–water partition coefficient (Wildman–Crippen LogP) is 4.59. The molecule has 0 radical (unpaired) electrons. The van der Waals surface area contributed by atoms with Crippen molar-refractivity contribution in [1.82, 2.24) is 14.3 Å². The molecule has 2 aromatic heterocycles. The molecule has 0 aliphatic heterocycles. The highest BCUT2D eigenvalue weighted by atomic mass is 35.5. The molecule has 1 N–H and O–H groups in total. The number of rotatable bonds is 4. The highest BCUT2D eigenvalue weighted by Gasteiger charge is 2.32. The van der Waals surface area contributed by atoms with Crippen molar-refractivity contribution < 1.29 is 26.4 Å². The van der Waals surface area contributed by atoms with E-state index in [-0.39, 0.29) is 27.0 Å². The van der Waals surface area contributed by atoms with E-state index in [4.69, 9.17) is 11.6 Å². The Hall–Kier alpha value is -2.85. The fourth-order valence-electron chi connectivity index (χ4n) is 3.02. The lowest BCUT2D eigenvalue weighted by Crippen LogP contribution is -2.30. The van der Waals surface area contributed by atoms with E-state index in [1.165, 1.54) is 29.7 Å². The van der Waals surface area contributed by atoms with Gasteiger partial charge < -0.3 is 4.57 Å². The van der Waals surface area contributed by atoms with Crippen molar-refractivity contribution in [2.75, 3.05) is 0 Å². The monoisotopic (exact) mass is 471 g/mol. The van der Waals surface area contributed by atoms with Crippen LogP contribution in [-0.2, 0) is 16.2 Å². The molecule has 164 valence electrons. The summed E-state index contributed by atoms with van der Waals surface area (Å²) in [6.45, 7) is 4.90. The average Bonchev–Trinajstić information content (AvgIpc) is 2.95. The number of aryl methyl sites for hydroxylation is 2. The van der Waals surface area contributed by atoms with Gasteiger partial charge in [-0.2, -0.15) is 13.2 Å². The Morgan fingerprint density at radius 1 is 1.10 bits per heavy atom. The molecule has 1 amide bonds. The zero-order chi connectivity index (χ0) is 23.1. The molecule has 0 saturated heterocycles. The molecule has 31 heavy (non-hydrogen) atoms. The van der Waals surface area contributed by atoms with Crippen molar-refractivity contribution in [2.24, 2.45) is 0 Å². The number of nitrogens with zero attached hydrogens (tertiary/aromatic N) is 2. The van der Waals surface area contributed by atoms with Gasteiger partial charge in [0.2, 0.25) is 0 Å². The third-order valence-electron chi connectivity index (χ3n) is 4.59. The number of sulfonamides is 1. The molecule has 0 aliphatic rings. The largest absolute Gasteiger partial charge is 0.417 e. The second-order valence-corrected chi connectivity index (χ2v) is 8.98. The number of aromatic nitrogens is 2. The molecule has 11 heteroatoms. The molecule has 1 aromatic carbocycles. The zero-order valence-electron chi connectivity index (χ0n) is 16.6. The number of hydrogen-bond donors (Lipinski definition) is 1. The van der Waals surface area contributed by atoms with Gasteiger partial charge in [-0.3, -0.25) is 4.79 Å². The van der Waals surface area contributed by atoms with Crippen molar-refractivity contribution in [3.05, 3.63) is 75.7 Å². The summed E-state index contributed by atoms with van der Waals surface area (Å²) in [4.78, 5) is 16.4. The minimum absolute atomic E-state index is 0.00916. The van der Waals surface area contributed by atoms with E-state index in [1.54, 1.807) is 26.0 Å². The fraction of sp³-hybridized carbons (Fsp3) is 0.200. The molecule has 0 bridgehead atoms. The maximum absolute atomic E-state index is 12.9. The minimum Gasteiger partial charge on any atom is -0.301 e. The van der Waals surface area contributed by atoms with Crippen molar-refractivity contribution in [3.63, 3.8) is 0 Å². The first kappa shape index (κ1) is 22.8. The van der Waals surface area contributed by atoms with E-state index in [0.29, 0.717) is 11.9 Å². The van der Waals surface area contributed by atoms with Gasteiger partial charge in [0.05, 0.1) is 21.0 Å². The summed E-state index contributed by atoms with van der Waals surface area (Å²) in [5.41, 5.74) is 0.569. The Balaban J connectivity index is 1.96. The summed E-state index contributed by atoms with van der Waals surface area (Å²) in [6.07, 6.45) is -3.97. The van der Waals surface area contributed by atoms with Crippen LogP contribution < -0.4 is 4.72 Å². The van der Waals surface area contributed by atoms with Crippen LogP contribution in [0.3, 0.4) is 0 Å². The maximum Gasteiger partial charge on any atom is 0.417 e. The molecular formula is C20H17ClF3N3O3S. The topological polar surface area (TPSA) is 81.1 Å². The first-order chi connectivity index (χ1) is 14.3. The number of carbonyl (C=O) groups is 1. The Morgan fingerprint density at radius 3 is 2.26 bits per heavy atom. The lowest BCUT2D eigenvalue weighted by molar-refractivity contribution is -0.137. The normalized spacial score (nSPS) is 12.1. The number of amides is 1. The maximum atomic E-state index is 12.9. The van der Waals surface area contributed by atoms with Crippen molar-refractivity contribution in [3.8, 4) is 5.82 Å². The van der Waals surface area contributed by atoms with Gasteiger partial charge in [-0.1, -0.05) is 29.3 Å². The van der Waals surface area contributed by atoms with Crippen molar-refractivity contribution in [2.45, 2.75) is 31.8 Å². The molecular weight excluding hydrogens is 455 g/mol. The number of hydrogen-bond acceptors (Lipinski definition) is 4.